The van der Waals surface area contributed by atoms with E-state index in [-0.39, 0.29) is 5.69 Å². The van der Waals surface area contributed by atoms with Gasteiger partial charge in [-0.15, -0.1) is 0 Å². The summed E-state index contributed by atoms with van der Waals surface area (Å²) in [5.74, 6) is 0. The molecule has 3 nitrogen and oxygen atoms in total. The van der Waals surface area contributed by atoms with Gasteiger partial charge in [0, 0.05) is 5.56 Å². The number of nitriles is 1. The van der Waals surface area contributed by atoms with E-state index in [4.69, 9.17) is 11.6 Å². The van der Waals surface area contributed by atoms with Crippen molar-refractivity contribution in [3.8, 4) is 23.0 Å². The largest absolute Gasteiger partial charge is 0.230 e. The van der Waals surface area contributed by atoms with Gasteiger partial charge in [0.15, 0.2) is 5.69 Å². The minimum Gasteiger partial charge on any atom is -0.230 e. The Hall–Kier alpha value is -2.57. The zero-order valence-electron chi connectivity index (χ0n) is 11.4. The Balaban J connectivity index is 2.29. The molecule has 0 aliphatic carbocycles. The third-order valence-electron chi connectivity index (χ3n) is 3.23. The highest BCUT2D eigenvalue weighted by Crippen LogP contribution is 2.33. The van der Waals surface area contributed by atoms with Crippen LogP contribution in [0.1, 0.15) is 11.3 Å². The fourth-order valence-corrected chi connectivity index (χ4v) is 2.54. The monoisotopic (exact) mass is 293 g/mol. The van der Waals surface area contributed by atoms with E-state index >= 15 is 0 Å². The van der Waals surface area contributed by atoms with Crippen LogP contribution in [-0.4, -0.2) is 9.78 Å². The van der Waals surface area contributed by atoms with Gasteiger partial charge >= 0.3 is 0 Å². The van der Waals surface area contributed by atoms with Crippen LogP contribution in [0.15, 0.2) is 54.6 Å². The quantitative estimate of drug-likeness (QED) is 0.704. The summed E-state index contributed by atoms with van der Waals surface area (Å²) < 4.78 is 1.72. The third-order valence-corrected chi connectivity index (χ3v) is 3.58. The van der Waals surface area contributed by atoms with E-state index in [9.17, 15) is 5.26 Å². The second-order valence-corrected chi connectivity index (χ2v) is 5.12. The first-order chi connectivity index (χ1) is 10.2. The third kappa shape index (κ3) is 2.42. The molecule has 1 heterocycles. The predicted molar refractivity (Wildman–Crippen MR) is 83.5 cm³/mol. The van der Waals surface area contributed by atoms with Gasteiger partial charge in [0.1, 0.15) is 11.1 Å². The molecule has 0 saturated carbocycles. The first kappa shape index (κ1) is 13.4. The fourth-order valence-electron chi connectivity index (χ4n) is 2.27. The number of halogens is 1. The number of benzene rings is 2. The molecule has 0 bridgehead atoms. The normalized spacial score (nSPS) is 10.3. The lowest BCUT2D eigenvalue weighted by molar-refractivity contribution is 0.880. The topological polar surface area (TPSA) is 41.6 Å². The summed E-state index contributed by atoms with van der Waals surface area (Å²) in [5.41, 5.74) is 3.92. The molecule has 0 N–H and O–H groups in total. The molecule has 0 saturated heterocycles. The van der Waals surface area contributed by atoms with Crippen LogP contribution in [0, 0.1) is 18.3 Å². The molecule has 1 aromatic heterocycles. The molecule has 0 aliphatic heterocycles. The molecule has 0 amide bonds. The van der Waals surface area contributed by atoms with Gasteiger partial charge in [0.05, 0.1) is 11.4 Å². The Morgan fingerprint density at radius 3 is 2.52 bits per heavy atom. The first-order valence-corrected chi connectivity index (χ1v) is 6.89. The van der Waals surface area contributed by atoms with Crippen LogP contribution in [-0.2, 0) is 0 Å². The molecule has 0 atom stereocenters. The molecular formula is C17H12ClN3. The highest BCUT2D eigenvalue weighted by Gasteiger charge is 2.18. The molecule has 21 heavy (non-hydrogen) atoms. The van der Waals surface area contributed by atoms with E-state index in [0.717, 1.165) is 22.5 Å². The molecule has 0 spiro atoms. The van der Waals surface area contributed by atoms with Crippen molar-refractivity contribution in [1.82, 2.24) is 9.78 Å². The lowest BCUT2D eigenvalue weighted by Crippen LogP contribution is -1.99. The van der Waals surface area contributed by atoms with Gasteiger partial charge in [-0.1, -0.05) is 53.6 Å². The molecule has 0 radical (unpaired) electrons. The van der Waals surface area contributed by atoms with Gasteiger partial charge in [0.2, 0.25) is 0 Å². The second-order valence-electron chi connectivity index (χ2n) is 4.74. The Bertz CT molecular complexity index is 829. The molecule has 0 unspecified atom stereocenters. The number of rotatable bonds is 2. The van der Waals surface area contributed by atoms with E-state index < -0.39 is 0 Å². The number of aryl methyl sites for hydroxylation is 1. The maximum atomic E-state index is 9.19. The highest BCUT2D eigenvalue weighted by atomic mass is 35.5. The van der Waals surface area contributed by atoms with E-state index in [1.54, 1.807) is 4.68 Å². The van der Waals surface area contributed by atoms with E-state index in [1.165, 1.54) is 0 Å². The Morgan fingerprint density at radius 2 is 1.86 bits per heavy atom. The van der Waals surface area contributed by atoms with Crippen molar-refractivity contribution in [2.75, 3.05) is 0 Å². The number of hydrogen-bond donors (Lipinski definition) is 0. The molecule has 4 heteroatoms. The summed E-state index contributed by atoms with van der Waals surface area (Å²) >= 11 is 6.36. The van der Waals surface area contributed by atoms with Gasteiger partial charge in [-0.2, -0.15) is 10.4 Å². The predicted octanol–water partition coefficient (Wildman–Crippen LogP) is 4.37. The van der Waals surface area contributed by atoms with Crippen LogP contribution in [0.2, 0.25) is 5.02 Å². The lowest BCUT2D eigenvalue weighted by Gasteiger charge is -2.08. The SMILES string of the molecule is Cc1cccc(-c2c(Cl)c(C#N)nn2-c2ccccc2)c1. The number of aromatic nitrogens is 2. The van der Waals surface area contributed by atoms with Crippen LogP contribution >= 0.6 is 11.6 Å². The second kappa shape index (κ2) is 5.43. The van der Waals surface area contributed by atoms with Gasteiger partial charge in [-0.05, 0) is 25.1 Å². The van der Waals surface area contributed by atoms with E-state index in [0.29, 0.717) is 5.02 Å². The summed E-state index contributed by atoms with van der Waals surface area (Å²) in [4.78, 5) is 0. The first-order valence-electron chi connectivity index (χ1n) is 6.52. The van der Waals surface area contributed by atoms with Crippen molar-refractivity contribution < 1.29 is 0 Å². The minimum absolute atomic E-state index is 0.233. The van der Waals surface area contributed by atoms with Crippen molar-refractivity contribution >= 4 is 11.6 Å². The average molecular weight is 294 g/mol. The van der Waals surface area contributed by atoms with Crippen molar-refractivity contribution in [2.45, 2.75) is 6.92 Å². The molecule has 3 aromatic rings. The summed E-state index contributed by atoms with van der Waals surface area (Å²) in [6, 6.07) is 19.7. The Labute approximate surface area is 128 Å². The summed E-state index contributed by atoms with van der Waals surface area (Å²) in [7, 11) is 0. The zero-order valence-corrected chi connectivity index (χ0v) is 12.2. The number of hydrogen-bond acceptors (Lipinski definition) is 2. The molecule has 2 aromatic carbocycles. The van der Waals surface area contributed by atoms with Crippen molar-refractivity contribution in [3.05, 3.63) is 70.9 Å². The van der Waals surface area contributed by atoms with Crippen LogP contribution in [0.25, 0.3) is 16.9 Å². The standard InChI is InChI=1S/C17H12ClN3/c1-12-6-5-7-13(10-12)17-16(18)15(11-19)20-21(17)14-8-3-2-4-9-14/h2-10H,1H3. The summed E-state index contributed by atoms with van der Waals surface area (Å²) in [6.45, 7) is 2.02. The van der Waals surface area contributed by atoms with Gasteiger partial charge < -0.3 is 0 Å². The highest BCUT2D eigenvalue weighted by molar-refractivity contribution is 6.34. The van der Waals surface area contributed by atoms with Gasteiger partial charge in [-0.3, -0.25) is 0 Å². The molecular weight excluding hydrogens is 282 g/mol. The van der Waals surface area contributed by atoms with Gasteiger partial charge in [0.25, 0.3) is 0 Å². The fraction of sp³-hybridized carbons (Fsp3) is 0.0588. The average Bonchev–Trinajstić information content (AvgIpc) is 2.85. The smallest absolute Gasteiger partial charge is 0.182 e. The van der Waals surface area contributed by atoms with Gasteiger partial charge in [-0.25, -0.2) is 4.68 Å². The van der Waals surface area contributed by atoms with Crippen LogP contribution in [0.5, 0.6) is 0 Å². The summed E-state index contributed by atoms with van der Waals surface area (Å²) in [6.07, 6.45) is 0. The van der Waals surface area contributed by atoms with Crippen LogP contribution in [0.4, 0.5) is 0 Å². The number of nitrogens with zero attached hydrogens (tertiary/aromatic N) is 3. The zero-order chi connectivity index (χ0) is 14.8. The minimum atomic E-state index is 0.233. The van der Waals surface area contributed by atoms with Crippen LogP contribution < -0.4 is 0 Å². The maximum Gasteiger partial charge on any atom is 0.182 e. The molecule has 0 aliphatic rings. The van der Waals surface area contributed by atoms with E-state index in [2.05, 4.69) is 5.10 Å². The van der Waals surface area contributed by atoms with Crippen molar-refractivity contribution in [2.24, 2.45) is 0 Å². The van der Waals surface area contributed by atoms with Crippen LogP contribution in [0.3, 0.4) is 0 Å². The number of para-hydroxylation sites is 1. The summed E-state index contributed by atoms with van der Waals surface area (Å²) in [5, 5.41) is 13.9. The molecule has 3 rings (SSSR count). The van der Waals surface area contributed by atoms with Crippen molar-refractivity contribution in [1.29, 1.82) is 5.26 Å². The Morgan fingerprint density at radius 1 is 1.10 bits per heavy atom. The van der Waals surface area contributed by atoms with Crippen molar-refractivity contribution in [3.63, 3.8) is 0 Å². The Kier molecular flexibility index (Phi) is 3.47. The van der Waals surface area contributed by atoms with E-state index in [1.807, 2.05) is 67.6 Å². The lowest BCUT2D eigenvalue weighted by atomic mass is 10.1. The molecule has 0 fully saturated rings. The molecule has 102 valence electrons. The maximum absolute atomic E-state index is 9.19.